The fourth-order valence-corrected chi connectivity index (χ4v) is 5.35. The van der Waals surface area contributed by atoms with E-state index in [9.17, 15) is 5.11 Å². The highest BCUT2D eigenvalue weighted by molar-refractivity contribution is 14.1. The Kier molecular flexibility index (Phi) is 5.57. The van der Waals surface area contributed by atoms with Crippen LogP contribution in [0.25, 0.3) is 11.0 Å². The van der Waals surface area contributed by atoms with Crippen molar-refractivity contribution in [3.63, 3.8) is 0 Å². The van der Waals surface area contributed by atoms with Crippen molar-refractivity contribution in [2.45, 2.75) is 63.3 Å². The van der Waals surface area contributed by atoms with E-state index in [0.717, 1.165) is 8.96 Å². The number of terminal acetylenes is 1. The fourth-order valence-electron chi connectivity index (χ4n) is 3.18. The molecule has 2 aromatic heterocycles. The van der Waals surface area contributed by atoms with Crippen LogP contribution in [0.2, 0.25) is 18.1 Å². The summed E-state index contributed by atoms with van der Waals surface area (Å²) in [6.45, 7) is 10.5. The van der Waals surface area contributed by atoms with Gasteiger partial charge in [-0.1, -0.05) is 26.7 Å². The van der Waals surface area contributed by atoms with Gasteiger partial charge in [-0.05, 0) is 40.7 Å². The van der Waals surface area contributed by atoms with Crippen molar-refractivity contribution in [1.29, 1.82) is 0 Å². The van der Waals surface area contributed by atoms with Gasteiger partial charge in [0.2, 0.25) is 0 Å². The van der Waals surface area contributed by atoms with Crippen molar-refractivity contribution in [3.05, 3.63) is 16.1 Å². The molecule has 28 heavy (non-hydrogen) atoms. The summed E-state index contributed by atoms with van der Waals surface area (Å²) in [6.07, 6.45) is 8.87. The van der Waals surface area contributed by atoms with Crippen LogP contribution in [0.5, 0.6) is 0 Å². The van der Waals surface area contributed by atoms with E-state index < -0.39 is 26.3 Å². The van der Waals surface area contributed by atoms with Gasteiger partial charge in [0, 0.05) is 16.2 Å². The maximum atomic E-state index is 10.1. The number of anilines is 1. The summed E-state index contributed by atoms with van der Waals surface area (Å²) < 4.78 is 15.7. The third kappa shape index (κ3) is 3.45. The van der Waals surface area contributed by atoms with Crippen LogP contribution in [0.4, 0.5) is 5.82 Å². The van der Waals surface area contributed by atoms with Crippen LogP contribution in [0.1, 0.15) is 33.4 Å². The van der Waals surface area contributed by atoms with Crippen LogP contribution in [0.3, 0.4) is 0 Å². The first-order chi connectivity index (χ1) is 13.0. The highest BCUT2D eigenvalue weighted by Gasteiger charge is 2.53. The van der Waals surface area contributed by atoms with Gasteiger partial charge in [-0.2, -0.15) is 0 Å². The molecule has 9 heteroatoms. The third-order valence-electron chi connectivity index (χ3n) is 5.91. The van der Waals surface area contributed by atoms with Crippen LogP contribution in [0, 0.1) is 15.9 Å². The van der Waals surface area contributed by atoms with Gasteiger partial charge in [-0.15, -0.1) is 6.42 Å². The SMILES string of the molecule is C#C[C@]1(CO)O[C@@H](n2cc(I)c3c(N)ncnc32)C[C@@H]1O[Si](C)(C)C(C)(C)C. The first-order valence-corrected chi connectivity index (χ1v) is 13.2. The number of ether oxygens (including phenoxy) is 1. The van der Waals surface area contributed by atoms with Crippen LogP contribution in [-0.2, 0) is 9.16 Å². The van der Waals surface area contributed by atoms with Gasteiger partial charge >= 0.3 is 0 Å². The van der Waals surface area contributed by atoms with E-state index >= 15 is 0 Å². The summed E-state index contributed by atoms with van der Waals surface area (Å²) in [5.41, 5.74) is 5.52. The lowest BCUT2D eigenvalue weighted by Gasteiger charge is -2.41. The minimum absolute atomic E-state index is 0.0120. The number of hydrogen-bond donors (Lipinski definition) is 2. The van der Waals surface area contributed by atoms with Crippen LogP contribution < -0.4 is 5.73 Å². The van der Waals surface area contributed by atoms with E-state index in [0.29, 0.717) is 17.9 Å². The maximum Gasteiger partial charge on any atom is 0.192 e. The molecule has 0 amide bonds. The summed E-state index contributed by atoms with van der Waals surface area (Å²) in [5.74, 6) is 3.09. The van der Waals surface area contributed by atoms with E-state index in [1.807, 2.05) is 10.8 Å². The molecule has 3 rings (SSSR count). The molecule has 0 aliphatic carbocycles. The summed E-state index contributed by atoms with van der Waals surface area (Å²) in [7, 11) is -2.12. The van der Waals surface area contributed by atoms with E-state index in [1.54, 1.807) is 0 Å². The summed E-state index contributed by atoms with van der Waals surface area (Å²) in [5, 5.41) is 10.9. The number of fused-ring (bicyclic) bond motifs is 1. The number of aliphatic hydroxyl groups excluding tert-OH is 1. The van der Waals surface area contributed by atoms with E-state index in [2.05, 4.69) is 72.3 Å². The second-order valence-electron chi connectivity index (χ2n) is 8.71. The van der Waals surface area contributed by atoms with Crippen molar-refractivity contribution in [1.82, 2.24) is 14.5 Å². The molecule has 3 atom stereocenters. The Labute approximate surface area is 180 Å². The Bertz CT molecular complexity index is 934. The predicted molar refractivity (Wildman–Crippen MR) is 120 cm³/mol. The first-order valence-electron chi connectivity index (χ1n) is 9.16. The number of aromatic nitrogens is 3. The molecule has 3 heterocycles. The number of hydrogen-bond acceptors (Lipinski definition) is 6. The zero-order valence-electron chi connectivity index (χ0n) is 16.9. The molecule has 0 spiro atoms. The number of nitrogens with two attached hydrogens (primary N) is 1. The Balaban J connectivity index is 2.01. The van der Waals surface area contributed by atoms with Crippen LogP contribution in [-0.4, -0.2) is 46.3 Å². The minimum Gasteiger partial charge on any atom is -0.410 e. The van der Waals surface area contributed by atoms with Crippen molar-refractivity contribution in [2.75, 3.05) is 12.3 Å². The number of halogens is 1. The van der Waals surface area contributed by atoms with Gasteiger partial charge in [0.25, 0.3) is 0 Å². The number of aliphatic hydroxyl groups is 1. The second-order valence-corrected chi connectivity index (χ2v) is 14.6. The molecule has 0 unspecified atom stereocenters. The monoisotopic (exact) mass is 514 g/mol. The first kappa shape index (κ1) is 21.5. The van der Waals surface area contributed by atoms with Crippen molar-refractivity contribution < 1.29 is 14.3 Å². The Morgan fingerprint density at radius 2 is 2.18 bits per heavy atom. The molecule has 1 aliphatic heterocycles. The van der Waals surface area contributed by atoms with Gasteiger partial charge in [0.1, 0.15) is 24.0 Å². The largest absolute Gasteiger partial charge is 0.410 e. The third-order valence-corrected chi connectivity index (χ3v) is 11.2. The Morgan fingerprint density at radius 3 is 2.75 bits per heavy atom. The molecular formula is C19H27IN4O3Si. The smallest absolute Gasteiger partial charge is 0.192 e. The number of nitrogens with zero attached hydrogens (tertiary/aromatic N) is 3. The molecule has 2 aromatic rings. The topological polar surface area (TPSA) is 95.4 Å². The molecule has 0 bridgehead atoms. The molecule has 0 aromatic carbocycles. The summed E-state index contributed by atoms with van der Waals surface area (Å²) in [6, 6.07) is 0. The van der Waals surface area contributed by atoms with Gasteiger partial charge in [-0.3, -0.25) is 0 Å². The van der Waals surface area contributed by atoms with Gasteiger partial charge in [0.15, 0.2) is 13.9 Å². The van der Waals surface area contributed by atoms with Crippen LogP contribution in [0.15, 0.2) is 12.5 Å². The molecule has 0 saturated carbocycles. The fraction of sp³-hybridized carbons (Fsp3) is 0.579. The highest BCUT2D eigenvalue weighted by Crippen LogP contribution is 2.45. The van der Waals surface area contributed by atoms with E-state index in [1.165, 1.54) is 6.33 Å². The molecule has 1 saturated heterocycles. The molecule has 1 fully saturated rings. The second kappa shape index (κ2) is 7.25. The molecule has 152 valence electrons. The van der Waals surface area contributed by atoms with Crippen LogP contribution >= 0.6 is 22.6 Å². The summed E-state index contributed by atoms with van der Waals surface area (Å²) >= 11 is 2.21. The molecule has 7 nitrogen and oxygen atoms in total. The summed E-state index contributed by atoms with van der Waals surface area (Å²) in [4.78, 5) is 8.46. The van der Waals surface area contributed by atoms with Gasteiger partial charge in [0.05, 0.1) is 18.1 Å². The lowest BCUT2D eigenvalue weighted by molar-refractivity contribution is -0.0865. The predicted octanol–water partition coefficient (Wildman–Crippen LogP) is 3.29. The van der Waals surface area contributed by atoms with Gasteiger partial charge in [-0.25, -0.2) is 9.97 Å². The zero-order valence-corrected chi connectivity index (χ0v) is 20.0. The molecule has 0 radical (unpaired) electrons. The standard InChI is InChI=1S/C19H27IN4O3Si/c1-7-19(10-25)13(27-28(5,6)18(2,3)4)8-14(26-19)24-9-12(20)15-16(21)22-11-23-17(15)24/h1,9,11,13-14,25H,8,10H2,2-6H3,(H2,21,22,23)/t13-,14+,19+/m0/s1. The number of nitrogen functional groups attached to an aromatic ring is 1. The number of rotatable bonds is 4. The quantitative estimate of drug-likeness (QED) is 0.370. The Hall–Kier alpha value is -1.19. The average Bonchev–Trinajstić information content (AvgIpc) is 3.13. The highest BCUT2D eigenvalue weighted by atomic mass is 127. The molecular weight excluding hydrogens is 487 g/mol. The lowest BCUT2D eigenvalue weighted by atomic mass is 9.99. The van der Waals surface area contributed by atoms with Crippen molar-refractivity contribution >= 4 is 47.8 Å². The van der Waals surface area contributed by atoms with E-state index in [4.69, 9.17) is 21.3 Å². The molecule has 1 aliphatic rings. The minimum atomic E-state index is -2.12. The average molecular weight is 514 g/mol. The lowest BCUT2D eigenvalue weighted by Crippen LogP contribution is -2.51. The van der Waals surface area contributed by atoms with E-state index in [-0.39, 0.29) is 11.6 Å². The van der Waals surface area contributed by atoms with Gasteiger partial charge < -0.3 is 24.6 Å². The molecule has 3 N–H and O–H groups in total. The maximum absolute atomic E-state index is 10.1. The van der Waals surface area contributed by atoms with Crippen molar-refractivity contribution in [2.24, 2.45) is 0 Å². The van der Waals surface area contributed by atoms with Crippen molar-refractivity contribution in [3.8, 4) is 12.3 Å². The normalized spacial score (nSPS) is 25.9. The zero-order chi connectivity index (χ0) is 20.9. The Morgan fingerprint density at radius 1 is 1.50 bits per heavy atom.